The smallest absolute Gasteiger partial charge is 0.407 e. The molecule has 0 aliphatic rings. The van der Waals surface area contributed by atoms with Gasteiger partial charge in [-0.3, -0.25) is 4.31 Å². The van der Waals surface area contributed by atoms with Gasteiger partial charge in [-0.1, -0.05) is 41.9 Å². The lowest BCUT2D eigenvalue weighted by atomic mass is 10.3. The lowest BCUT2D eigenvalue weighted by Crippen LogP contribution is -2.39. The Kier molecular flexibility index (Phi) is 6.04. The topological polar surface area (TPSA) is 46.6 Å². The first kappa shape index (κ1) is 21.0. The number of ether oxygens (including phenoxy) is 1. The molecule has 0 aromatic heterocycles. The third-order valence-corrected chi connectivity index (χ3v) is 5.94. The number of benzene rings is 3. The Morgan fingerprint density at radius 1 is 0.862 bits per heavy atom. The van der Waals surface area contributed by atoms with Crippen LogP contribution >= 0.6 is 11.6 Å². The molecule has 0 unspecified atom stereocenters. The van der Waals surface area contributed by atoms with Gasteiger partial charge in [0.25, 0.3) is 10.0 Å². The minimum atomic E-state index is -4.71. The second kappa shape index (κ2) is 8.34. The van der Waals surface area contributed by atoms with Crippen LogP contribution in [0.4, 0.5) is 18.9 Å². The fraction of sp³-hybridized carbons (Fsp3) is 0.100. The Morgan fingerprint density at radius 2 is 1.45 bits per heavy atom. The molecule has 0 saturated carbocycles. The molecule has 3 aromatic rings. The average Bonchev–Trinajstić information content (AvgIpc) is 2.68. The minimum absolute atomic E-state index is 0.0822. The van der Waals surface area contributed by atoms with Crippen molar-refractivity contribution >= 4 is 27.3 Å². The van der Waals surface area contributed by atoms with Gasteiger partial charge >= 0.3 is 6.18 Å². The first-order valence-corrected chi connectivity index (χ1v) is 10.2. The molecule has 3 aromatic carbocycles. The van der Waals surface area contributed by atoms with Crippen LogP contribution in [-0.2, 0) is 10.0 Å². The van der Waals surface area contributed by atoms with Gasteiger partial charge in [-0.05, 0) is 48.5 Å². The van der Waals surface area contributed by atoms with Crippen molar-refractivity contribution in [3.63, 3.8) is 0 Å². The van der Waals surface area contributed by atoms with Crippen molar-refractivity contribution in [2.45, 2.75) is 11.1 Å². The van der Waals surface area contributed by atoms with E-state index in [0.717, 1.165) is 0 Å². The van der Waals surface area contributed by atoms with Gasteiger partial charge in [0.15, 0.2) is 0 Å². The second-order valence-corrected chi connectivity index (χ2v) is 8.24. The molecule has 9 heteroatoms. The molecule has 0 atom stereocenters. The van der Waals surface area contributed by atoms with Gasteiger partial charge in [0, 0.05) is 0 Å². The van der Waals surface area contributed by atoms with Crippen LogP contribution < -0.4 is 9.04 Å². The number of alkyl halides is 3. The Bertz CT molecular complexity index is 1070. The van der Waals surface area contributed by atoms with Crippen molar-refractivity contribution in [1.29, 1.82) is 0 Å². The summed E-state index contributed by atoms with van der Waals surface area (Å²) in [6, 6.07) is 18.9. The van der Waals surface area contributed by atoms with Crippen molar-refractivity contribution < 1.29 is 26.3 Å². The van der Waals surface area contributed by atoms with E-state index in [0.29, 0.717) is 20.8 Å². The van der Waals surface area contributed by atoms with Crippen LogP contribution in [0.1, 0.15) is 0 Å². The Morgan fingerprint density at radius 3 is 2.03 bits per heavy atom. The zero-order chi connectivity index (χ0) is 21.1. The fourth-order valence-corrected chi connectivity index (χ4v) is 4.16. The number of anilines is 1. The van der Waals surface area contributed by atoms with Crippen molar-refractivity contribution in [3.05, 3.63) is 83.9 Å². The Hall–Kier alpha value is -2.71. The Labute approximate surface area is 171 Å². The second-order valence-electron chi connectivity index (χ2n) is 5.97. The third kappa shape index (κ3) is 5.21. The molecule has 0 spiro atoms. The molecule has 4 nitrogen and oxygen atoms in total. The van der Waals surface area contributed by atoms with E-state index in [1.165, 1.54) is 48.5 Å². The molecule has 0 bridgehead atoms. The number of para-hydroxylation sites is 2. The van der Waals surface area contributed by atoms with Crippen LogP contribution in [0.3, 0.4) is 0 Å². The molecule has 0 aliphatic carbocycles. The fourth-order valence-electron chi connectivity index (χ4n) is 2.53. The highest BCUT2D eigenvalue weighted by Gasteiger charge is 2.37. The number of hydrogen-bond acceptors (Lipinski definition) is 3. The molecule has 0 aliphatic heterocycles. The van der Waals surface area contributed by atoms with Crippen LogP contribution in [0.15, 0.2) is 83.8 Å². The standard InChI is InChI=1S/C20H15ClF3NO3S/c21-18-8-4-5-9-19(18)28-16-10-12-17(13-11-16)29(26,27)25(14-20(22,23)24)15-6-2-1-3-7-15/h1-13H,14H2. The molecule has 3 rings (SSSR count). The molecule has 0 saturated heterocycles. The summed E-state index contributed by atoms with van der Waals surface area (Å²) in [5, 5.41) is 0.365. The predicted molar refractivity (Wildman–Crippen MR) is 105 cm³/mol. The molecule has 0 heterocycles. The van der Waals surface area contributed by atoms with Gasteiger partial charge < -0.3 is 4.74 Å². The first-order chi connectivity index (χ1) is 13.7. The average molecular weight is 442 g/mol. The van der Waals surface area contributed by atoms with Gasteiger partial charge in [0.1, 0.15) is 18.0 Å². The molecule has 152 valence electrons. The number of halogens is 4. The third-order valence-electron chi connectivity index (χ3n) is 3.84. The van der Waals surface area contributed by atoms with Gasteiger partial charge in [-0.15, -0.1) is 0 Å². The summed E-state index contributed by atoms with van der Waals surface area (Å²) in [4.78, 5) is -0.294. The maximum Gasteiger partial charge on any atom is 0.407 e. The highest BCUT2D eigenvalue weighted by atomic mass is 35.5. The number of nitrogens with zero attached hydrogens (tertiary/aromatic N) is 1. The van der Waals surface area contributed by atoms with Crippen molar-refractivity contribution in [3.8, 4) is 11.5 Å². The number of rotatable bonds is 6. The van der Waals surface area contributed by atoms with Crippen LogP contribution in [0.2, 0.25) is 5.02 Å². The van der Waals surface area contributed by atoms with Crippen molar-refractivity contribution in [2.24, 2.45) is 0 Å². The lowest BCUT2D eigenvalue weighted by Gasteiger charge is -2.25. The molecule has 0 N–H and O–H groups in total. The quantitative estimate of drug-likeness (QED) is 0.479. The van der Waals surface area contributed by atoms with E-state index in [-0.39, 0.29) is 10.6 Å². The molecule has 0 radical (unpaired) electrons. The minimum Gasteiger partial charge on any atom is -0.456 e. The lowest BCUT2D eigenvalue weighted by molar-refractivity contribution is -0.117. The molecule has 0 amide bonds. The van der Waals surface area contributed by atoms with Crippen LogP contribution in [-0.4, -0.2) is 21.1 Å². The van der Waals surface area contributed by atoms with Gasteiger partial charge in [0.05, 0.1) is 15.6 Å². The van der Waals surface area contributed by atoms with E-state index in [1.54, 1.807) is 30.3 Å². The zero-order valence-electron chi connectivity index (χ0n) is 14.8. The van der Waals surface area contributed by atoms with E-state index in [2.05, 4.69) is 0 Å². The summed E-state index contributed by atoms with van der Waals surface area (Å²) < 4.78 is 70.8. The summed E-state index contributed by atoms with van der Waals surface area (Å²) in [6.07, 6.45) is -4.71. The van der Waals surface area contributed by atoms with E-state index in [9.17, 15) is 21.6 Å². The van der Waals surface area contributed by atoms with Gasteiger partial charge in [-0.25, -0.2) is 8.42 Å². The normalized spacial score (nSPS) is 11.9. The maximum atomic E-state index is 13.0. The zero-order valence-corrected chi connectivity index (χ0v) is 16.4. The monoisotopic (exact) mass is 441 g/mol. The van der Waals surface area contributed by atoms with E-state index >= 15 is 0 Å². The van der Waals surface area contributed by atoms with E-state index in [4.69, 9.17) is 16.3 Å². The number of hydrogen-bond donors (Lipinski definition) is 0. The molecular weight excluding hydrogens is 427 g/mol. The summed E-state index contributed by atoms with van der Waals surface area (Å²) in [6.45, 7) is -1.64. The molecular formula is C20H15ClF3NO3S. The molecule has 0 fully saturated rings. The van der Waals surface area contributed by atoms with Gasteiger partial charge in [0.2, 0.25) is 0 Å². The number of sulfonamides is 1. The van der Waals surface area contributed by atoms with E-state index in [1.807, 2.05) is 0 Å². The molecule has 29 heavy (non-hydrogen) atoms. The first-order valence-electron chi connectivity index (χ1n) is 8.34. The highest BCUT2D eigenvalue weighted by Crippen LogP contribution is 2.31. The summed E-state index contributed by atoms with van der Waals surface area (Å²) in [5.41, 5.74) is -0.0822. The van der Waals surface area contributed by atoms with Crippen molar-refractivity contribution in [1.82, 2.24) is 0 Å². The van der Waals surface area contributed by atoms with Crippen LogP contribution in [0.5, 0.6) is 11.5 Å². The summed E-state index contributed by atoms with van der Waals surface area (Å²) in [7, 11) is -4.45. The van der Waals surface area contributed by atoms with E-state index < -0.39 is 22.7 Å². The largest absolute Gasteiger partial charge is 0.456 e. The van der Waals surface area contributed by atoms with Crippen molar-refractivity contribution in [2.75, 3.05) is 10.8 Å². The van der Waals surface area contributed by atoms with Gasteiger partial charge in [-0.2, -0.15) is 13.2 Å². The summed E-state index contributed by atoms with van der Waals surface area (Å²) >= 11 is 6.01. The van der Waals surface area contributed by atoms with Crippen LogP contribution in [0, 0.1) is 0 Å². The maximum absolute atomic E-state index is 13.0. The highest BCUT2D eigenvalue weighted by molar-refractivity contribution is 7.92. The Balaban J connectivity index is 1.91. The SMILES string of the molecule is O=S(=O)(c1ccc(Oc2ccccc2Cl)cc1)N(CC(F)(F)F)c1ccccc1. The predicted octanol–water partition coefficient (Wildman–Crippen LogP) is 5.89. The van der Waals surface area contributed by atoms with Crippen LogP contribution in [0.25, 0.3) is 0 Å². The summed E-state index contributed by atoms with van der Waals surface area (Å²) in [5.74, 6) is 0.659.